The Balaban J connectivity index is 0.00000128. The number of hydrogen-bond donors (Lipinski definition) is 0. The molecule has 0 nitrogen and oxygen atoms in total. The van der Waals surface area contributed by atoms with Gasteiger partial charge in [0.25, 0.3) is 0 Å². The van der Waals surface area contributed by atoms with Crippen LogP contribution in [0, 0.1) is 12.0 Å². The summed E-state index contributed by atoms with van der Waals surface area (Å²) >= 11 is 0. The van der Waals surface area contributed by atoms with Crippen molar-refractivity contribution in [2.75, 3.05) is 0 Å². The number of benzene rings is 1. The molecule has 1 aromatic carbocycles. The summed E-state index contributed by atoms with van der Waals surface area (Å²) < 4.78 is 0. The van der Waals surface area contributed by atoms with Crippen LogP contribution >= 0.6 is 0 Å². The molecule has 1 unspecified atom stereocenters. The van der Waals surface area contributed by atoms with Crippen molar-refractivity contribution >= 4 is 0 Å². The van der Waals surface area contributed by atoms with Gasteiger partial charge >= 0.3 is 0 Å². The molecule has 1 aromatic rings. The Labute approximate surface area is 112 Å². The van der Waals surface area contributed by atoms with Crippen molar-refractivity contribution in [3.8, 4) is 0 Å². The molecule has 0 saturated heterocycles. The van der Waals surface area contributed by atoms with E-state index >= 15 is 0 Å². The second-order valence-electron chi connectivity index (χ2n) is 4.40. The molecule has 0 radical (unpaired) electrons. The van der Waals surface area contributed by atoms with Gasteiger partial charge in [-0.15, -0.1) is 0 Å². The van der Waals surface area contributed by atoms with Gasteiger partial charge in [0.1, 0.15) is 0 Å². The third-order valence-corrected chi connectivity index (χ3v) is 3.01. The molecule has 0 heterocycles. The van der Waals surface area contributed by atoms with E-state index in [0.29, 0.717) is 0 Å². The minimum Gasteiger partial charge on any atom is -0.497 e. The molecule has 1 atom stereocenters. The molecule has 1 aliphatic carbocycles. The molecule has 0 N–H and O–H groups in total. The SMILES string of the molecule is CCCC[C-]=C1CC1Cc1ccccc1.[Zn]. The van der Waals surface area contributed by atoms with Gasteiger partial charge in [-0.05, 0) is 17.9 Å². The molecule has 0 bridgehead atoms. The van der Waals surface area contributed by atoms with Crippen LogP contribution in [0.15, 0.2) is 35.9 Å². The van der Waals surface area contributed by atoms with Gasteiger partial charge in [-0.1, -0.05) is 56.5 Å². The second-order valence-corrected chi connectivity index (χ2v) is 4.40. The fourth-order valence-corrected chi connectivity index (χ4v) is 1.94. The van der Waals surface area contributed by atoms with Gasteiger partial charge in [-0.2, -0.15) is 6.42 Å². The summed E-state index contributed by atoms with van der Waals surface area (Å²) in [5, 5.41) is 0. The van der Waals surface area contributed by atoms with E-state index in [1.165, 1.54) is 31.2 Å². The molecule has 82 valence electrons. The summed E-state index contributed by atoms with van der Waals surface area (Å²) in [7, 11) is 0. The summed E-state index contributed by atoms with van der Waals surface area (Å²) in [5.74, 6) is 0.809. The van der Waals surface area contributed by atoms with Gasteiger partial charge < -0.3 is 6.08 Å². The number of allylic oxidation sites excluding steroid dienone is 2. The van der Waals surface area contributed by atoms with E-state index in [1.54, 1.807) is 5.57 Å². The van der Waals surface area contributed by atoms with Crippen molar-refractivity contribution in [1.29, 1.82) is 0 Å². The molecule has 1 fully saturated rings. The van der Waals surface area contributed by atoms with Gasteiger partial charge in [0.05, 0.1) is 0 Å². The third kappa shape index (κ3) is 4.22. The Bertz CT molecular complexity index is 327. The van der Waals surface area contributed by atoms with Crippen molar-refractivity contribution in [2.45, 2.75) is 39.0 Å². The van der Waals surface area contributed by atoms with Crippen LogP contribution in [0.5, 0.6) is 0 Å². The van der Waals surface area contributed by atoms with E-state index in [2.05, 4.69) is 43.3 Å². The van der Waals surface area contributed by atoms with Crippen LogP contribution in [-0.2, 0) is 25.9 Å². The molecule has 16 heavy (non-hydrogen) atoms. The number of hydrogen-bond acceptors (Lipinski definition) is 0. The van der Waals surface area contributed by atoms with Crippen LogP contribution in [0.4, 0.5) is 0 Å². The largest absolute Gasteiger partial charge is 0.497 e. The first-order valence-electron chi connectivity index (χ1n) is 6.03. The minimum atomic E-state index is 0. The minimum absolute atomic E-state index is 0. The molecule has 0 aliphatic heterocycles. The van der Waals surface area contributed by atoms with Crippen molar-refractivity contribution in [2.24, 2.45) is 5.92 Å². The maximum Gasteiger partial charge on any atom is 0 e. The Kier molecular flexibility index (Phi) is 5.98. The van der Waals surface area contributed by atoms with Gasteiger partial charge in [0.2, 0.25) is 0 Å². The molecular formula is C15H19Zn-. The quantitative estimate of drug-likeness (QED) is 0.425. The monoisotopic (exact) mass is 263 g/mol. The predicted molar refractivity (Wildman–Crippen MR) is 64.5 cm³/mol. The van der Waals surface area contributed by atoms with Crippen molar-refractivity contribution in [3.05, 3.63) is 47.5 Å². The standard InChI is InChI=1S/C15H19.Zn/c1-2-3-5-10-14-12-15(14)11-13-8-6-4-7-9-13;/h4,6-9,15H,2-3,5,11-12H2,1H3;/q-1;. The summed E-state index contributed by atoms with van der Waals surface area (Å²) in [6.07, 6.45) is 9.79. The second kappa shape index (κ2) is 7.02. The molecule has 1 heteroatoms. The van der Waals surface area contributed by atoms with Crippen molar-refractivity contribution in [1.82, 2.24) is 0 Å². The summed E-state index contributed by atoms with van der Waals surface area (Å²) in [6.45, 7) is 2.24. The zero-order valence-electron chi connectivity index (χ0n) is 10.2. The Morgan fingerprint density at radius 3 is 2.69 bits per heavy atom. The van der Waals surface area contributed by atoms with Crippen LogP contribution in [0.1, 0.15) is 38.2 Å². The zero-order chi connectivity index (χ0) is 10.5. The third-order valence-electron chi connectivity index (χ3n) is 3.01. The van der Waals surface area contributed by atoms with Gasteiger partial charge in [0.15, 0.2) is 0 Å². The van der Waals surface area contributed by atoms with Gasteiger partial charge in [-0.3, -0.25) is 5.57 Å². The van der Waals surface area contributed by atoms with E-state index in [0.717, 1.165) is 12.3 Å². The van der Waals surface area contributed by atoms with Crippen LogP contribution in [0.25, 0.3) is 0 Å². The Morgan fingerprint density at radius 2 is 2.00 bits per heavy atom. The van der Waals surface area contributed by atoms with E-state index in [-0.39, 0.29) is 19.5 Å². The Morgan fingerprint density at radius 1 is 1.25 bits per heavy atom. The first-order valence-corrected chi connectivity index (χ1v) is 6.03. The van der Waals surface area contributed by atoms with E-state index in [4.69, 9.17) is 0 Å². The number of rotatable bonds is 5. The first kappa shape index (κ1) is 13.6. The molecule has 0 amide bonds. The van der Waals surface area contributed by atoms with Crippen LogP contribution < -0.4 is 0 Å². The average Bonchev–Trinajstić information content (AvgIpc) is 2.99. The van der Waals surface area contributed by atoms with Crippen LogP contribution in [-0.4, -0.2) is 0 Å². The van der Waals surface area contributed by atoms with Gasteiger partial charge in [0, 0.05) is 19.5 Å². The van der Waals surface area contributed by atoms with Crippen molar-refractivity contribution < 1.29 is 19.5 Å². The summed E-state index contributed by atoms with van der Waals surface area (Å²) in [5.41, 5.74) is 3.04. The predicted octanol–water partition coefficient (Wildman–Crippen LogP) is 4.17. The van der Waals surface area contributed by atoms with Gasteiger partial charge in [-0.25, -0.2) is 0 Å². The molecule has 1 saturated carbocycles. The molecule has 1 aliphatic rings. The average molecular weight is 265 g/mol. The maximum atomic E-state index is 3.54. The normalized spacial score (nSPS) is 20.6. The van der Waals surface area contributed by atoms with E-state index in [1.807, 2.05) is 0 Å². The summed E-state index contributed by atoms with van der Waals surface area (Å²) in [6, 6.07) is 10.8. The molecule has 2 rings (SSSR count). The van der Waals surface area contributed by atoms with Crippen LogP contribution in [0.3, 0.4) is 0 Å². The number of unbranched alkanes of at least 4 members (excludes halogenated alkanes) is 2. The summed E-state index contributed by atoms with van der Waals surface area (Å²) in [4.78, 5) is 0. The molecular weight excluding hydrogens is 246 g/mol. The molecule has 0 aromatic heterocycles. The molecule has 0 spiro atoms. The Hall–Kier alpha value is -0.417. The van der Waals surface area contributed by atoms with E-state index in [9.17, 15) is 0 Å². The zero-order valence-corrected chi connectivity index (χ0v) is 13.2. The first-order chi connectivity index (χ1) is 7.40. The van der Waals surface area contributed by atoms with E-state index < -0.39 is 0 Å². The maximum absolute atomic E-state index is 3.54. The fraction of sp³-hybridized carbons (Fsp3) is 0.467. The van der Waals surface area contributed by atoms with Crippen molar-refractivity contribution in [3.63, 3.8) is 0 Å². The fourth-order valence-electron chi connectivity index (χ4n) is 1.94. The van der Waals surface area contributed by atoms with Crippen LogP contribution in [0.2, 0.25) is 0 Å². The topological polar surface area (TPSA) is 0 Å². The smallest absolute Gasteiger partial charge is 0 e.